The molecule has 2 aromatic carbocycles. The molecule has 0 aliphatic rings. The zero-order valence-electron chi connectivity index (χ0n) is 10.4. The maximum atomic E-state index is 5.17. The molecule has 0 N–H and O–H groups in total. The standard InChI is InChI=1S/C16H16OS/c1-3-16(18-15-7-5-4-6-8-15)13-9-11-14(17-2)12-10-13/h3-12,16H,1H2,2H3/t16-/m0/s1. The van der Waals surface area contributed by atoms with Gasteiger partial charge in [-0.3, -0.25) is 0 Å². The second-order valence-electron chi connectivity index (χ2n) is 3.86. The van der Waals surface area contributed by atoms with Crippen LogP contribution in [0.15, 0.2) is 72.1 Å². The third-order valence-electron chi connectivity index (χ3n) is 2.66. The first kappa shape index (κ1) is 12.8. The molecule has 0 fully saturated rings. The molecule has 1 nitrogen and oxygen atoms in total. The predicted molar refractivity (Wildman–Crippen MR) is 78.2 cm³/mol. The molecule has 2 aromatic rings. The van der Waals surface area contributed by atoms with E-state index in [-0.39, 0.29) is 5.25 Å². The number of rotatable bonds is 5. The van der Waals surface area contributed by atoms with Crippen LogP contribution in [0.5, 0.6) is 5.75 Å². The van der Waals surface area contributed by atoms with Gasteiger partial charge in [0.15, 0.2) is 0 Å². The smallest absolute Gasteiger partial charge is 0.118 e. The van der Waals surface area contributed by atoms with Crippen LogP contribution in [0.1, 0.15) is 10.8 Å². The highest BCUT2D eigenvalue weighted by Crippen LogP contribution is 2.36. The van der Waals surface area contributed by atoms with E-state index >= 15 is 0 Å². The largest absolute Gasteiger partial charge is 0.497 e. The molecule has 18 heavy (non-hydrogen) atoms. The van der Waals surface area contributed by atoms with Crippen molar-refractivity contribution in [3.63, 3.8) is 0 Å². The fourth-order valence-electron chi connectivity index (χ4n) is 1.69. The van der Waals surface area contributed by atoms with E-state index in [0.29, 0.717) is 0 Å². The topological polar surface area (TPSA) is 9.23 Å². The van der Waals surface area contributed by atoms with Crippen LogP contribution in [-0.4, -0.2) is 7.11 Å². The summed E-state index contributed by atoms with van der Waals surface area (Å²) in [6, 6.07) is 18.5. The van der Waals surface area contributed by atoms with Crippen LogP contribution in [0.25, 0.3) is 0 Å². The molecule has 92 valence electrons. The summed E-state index contributed by atoms with van der Waals surface area (Å²) in [4.78, 5) is 1.25. The van der Waals surface area contributed by atoms with E-state index in [1.165, 1.54) is 10.5 Å². The number of ether oxygens (including phenoxy) is 1. The lowest BCUT2D eigenvalue weighted by Gasteiger charge is -2.13. The first-order chi connectivity index (χ1) is 8.83. The van der Waals surface area contributed by atoms with Crippen molar-refractivity contribution in [2.45, 2.75) is 10.1 Å². The first-order valence-corrected chi connectivity index (χ1v) is 6.69. The summed E-state index contributed by atoms with van der Waals surface area (Å²) < 4.78 is 5.17. The van der Waals surface area contributed by atoms with E-state index in [1.807, 2.05) is 24.3 Å². The van der Waals surface area contributed by atoms with Crippen molar-refractivity contribution in [2.75, 3.05) is 7.11 Å². The van der Waals surface area contributed by atoms with Gasteiger partial charge in [0.1, 0.15) is 5.75 Å². The van der Waals surface area contributed by atoms with Crippen LogP contribution in [0.3, 0.4) is 0 Å². The maximum absolute atomic E-state index is 5.17. The molecule has 0 bridgehead atoms. The fraction of sp³-hybridized carbons (Fsp3) is 0.125. The molecular weight excluding hydrogens is 240 g/mol. The number of methoxy groups -OCH3 is 1. The second kappa shape index (κ2) is 6.31. The highest BCUT2D eigenvalue weighted by molar-refractivity contribution is 7.99. The lowest BCUT2D eigenvalue weighted by molar-refractivity contribution is 0.414. The minimum atomic E-state index is 0.262. The summed E-state index contributed by atoms with van der Waals surface area (Å²) in [6.07, 6.45) is 1.97. The Labute approximate surface area is 112 Å². The van der Waals surface area contributed by atoms with Gasteiger partial charge >= 0.3 is 0 Å². The third-order valence-corrected chi connectivity index (χ3v) is 3.93. The highest BCUT2D eigenvalue weighted by atomic mass is 32.2. The van der Waals surface area contributed by atoms with Gasteiger partial charge in [0.05, 0.1) is 12.4 Å². The van der Waals surface area contributed by atoms with Crippen molar-refractivity contribution < 1.29 is 4.74 Å². The van der Waals surface area contributed by atoms with Crippen LogP contribution in [0.2, 0.25) is 0 Å². The SMILES string of the molecule is C=C[C@H](Sc1ccccc1)c1ccc(OC)cc1. The Balaban J connectivity index is 2.15. The van der Waals surface area contributed by atoms with Crippen molar-refractivity contribution >= 4 is 11.8 Å². The highest BCUT2D eigenvalue weighted by Gasteiger charge is 2.09. The van der Waals surface area contributed by atoms with Gasteiger partial charge in [-0.15, -0.1) is 18.3 Å². The van der Waals surface area contributed by atoms with E-state index in [1.54, 1.807) is 18.9 Å². The number of hydrogen-bond donors (Lipinski definition) is 0. The van der Waals surface area contributed by atoms with Gasteiger partial charge in [0.2, 0.25) is 0 Å². The molecule has 0 aliphatic carbocycles. The Kier molecular flexibility index (Phi) is 4.48. The lowest BCUT2D eigenvalue weighted by atomic mass is 10.1. The van der Waals surface area contributed by atoms with Crippen molar-refractivity contribution in [2.24, 2.45) is 0 Å². The number of hydrogen-bond acceptors (Lipinski definition) is 2. The van der Waals surface area contributed by atoms with Gasteiger partial charge in [-0.25, -0.2) is 0 Å². The predicted octanol–water partition coefficient (Wildman–Crippen LogP) is 4.71. The molecule has 2 rings (SSSR count). The zero-order chi connectivity index (χ0) is 12.8. The Morgan fingerprint density at radius 3 is 2.28 bits per heavy atom. The molecule has 0 aliphatic heterocycles. The summed E-state index contributed by atoms with van der Waals surface area (Å²) in [5.41, 5.74) is 1.24. The monoisotopic (exact) mass is 256 g/mol. The van der Waals surface area contributed by atoms with E-state index < -0.39 is 0 Å². The Morgan fingerprint density at radius 2 is 1.72 bits per heavy atom. The van der Waals surface area contributed by atoms with Crippen molar-refractivity contribution in [3.05, 3.63) is 72.8 Å². The molecule has 0 heterocycles. The lowest BCUT2D eigenvalue weighted by Crippen LogP contribution is -1.90. The Bertz CT molecular complexity index is 490. The molecule has 2 heteroatoms. The van der Waals surface area contributed by atoms with Crippen molar-refractivity contribution in [1.29, 1.82) is 0 Å². The van der Waals surface area contributed by atoms with E-state index in [4.69, 9.17) is 4.74 Å². The van der Waals surface area contributed by atoms with Crippen molar-refractivity contribution in [1.82, 2.24) is 0 Å². The summed E-state index contributed by atoms with van der Waals surface area (Å²) in [5, 5.41) is 0.262. The molecule has 0 amide bonds. The van der Waals surface area contributed by atoms with Crippen LogP contribution >= 0.6 is 11.8 Å². The quantitative estimate of drug-likeness (QED) is 0.565. The first-order valence-electron chi connectivity index (χ1n) is 5.81. The number of thioether (sulfide) groups is 1. The third kappa shape index (κ3) is 3.17. The van der Waals surface area contributed by atoms with Crippen LogP contribution in [0.4, 0.5) is 0 Å². The molecule has 0 saturated carbocycles. The van der Waals surface area contributed by atoms with E-state index in [2.05, 4.69) is 43.0 Å². The Morgan fingerprint density at radius 1 is 1.06 bits per heavy atom. The molecule has 0 aromatic heterocycles. The van der Waals surface area contributed by atoms with Gasteiger partial charge in [-0.05, 0) is 29.8 Å². The number of benzene rings is 2. The minimum absolute atomic E-state index is 0.262. The van der Waals surface area contributed by atoms with Crippen LogP contribution < -0.4 is 4.74 Å². The van der Waals surface area contributed by atoms with Crippen LogP contribution in [-0.2, 0) is 0 Å². The summed E-state index contributed by atoms with van der Waals surface area (Å²) in [5.74, 6) is 0.881. The van der Waals surface area contributed by atoms with E-state index in [0.717, 1.165) is 5.75 Å². The minimum Gasteiger partial charge on any atom is -0.497 e. The second-order valence-corrected chi connectivity index (χ2v) is 5.08. The maximum Gasteiger partial charge on any atom is 0.118 e. The van der Waals surface area contributed by atoms with Gasteiger partial charge in [-0.1, -0.05) is 36.4 Å². The van der Waals surface area contributed by atoms with Gasteiger partial charge in [0, 0.05) is 4.90 Å². The Hall–Kier alpha value is -1.67. The molecule has 0 radical (unpaired) electrons. The summed E-state index contributed by atoms with van der Waals surface area (Å²) in [7, 11) is 1.68. The fourth-order valence-corrected chi connectivity index (χ4v) is 2.69. The summed E-state index contributed by atoms with van der Waals surface area (Å²) >= 11 is 1.80. The summed E-state index contributed by atoms with van der Waals surface area (Å²) in [6.45, 7) is 3.92. The normalized spacial score (nSPS) is 11.8. The average Bonchev–Trinajstić information content (AvgIpc) is 2.46. The van der Waals surface area contributed by atoms with Gasteiger partial charge < -0.3 is 4.74 Å². The van der Waals surface area contributed by atoms with Gasteiger partial charge in [0.25, 0.3) is 0 Å². The van der Waals surface area contributed by atoms with Crippen LogP contribution in [0, 0.1) is 0 Å². The molecule has 0 saturated heterocycles. The van der Waals surface area contributed by atoms with E-state index in [9.17, 15) is 0 Å². The molecule has 1 atom stereocenters. The molecule has 0 unspecified atom stereocenters. The van der Waals surface area contributed by atoms with Crippen molar-refractivity contribution in [3.8, 4) is 5.75 Å². The average molecular weight is 256 g/mol. The molecular formula is C16H16OS. The zero-order valence-corrected chi connectivity index (χ0v) is 11.2. The van der Waals surface area contributed by atoms with Gasteiger partial charge in [-0.2, -0.15) is 0 Å². The molecule has 0 spiro atoms.